The number of likely N-dealkylation sites (tertiary alicyclic amines) is 1. The maximum absolute atomic E-state index is 15.6. The van der Waals surface area contributed by atoms with Crippen molar-refractivity contribution >= 4 is 28.0 Å². The number of benzene rings is 1. The second kappa shape index (κ2) is 9.38. The SMILES string of the molecule is Cn1c(-c2cc3ccc(C(C)(C)O)nc3n2CC2CC2)nc2cc(C(=O)N3CC[C@@H]4OCCC[C@@H]4C3)cc(F)c21. The molecule has 4 aromatic rings. The molecule has 1 amide bonds. The minimum absolute atomic E-state index is 0.150. The van der Waals surface area contributed by atoms with E-state index in [9.17, 15) is 9.90 Å². The quantitative estimate of drug-likeness (QED) is 0.381. The summed E-state index contributed by atoms with van der Waals surface area (Å²) in [5.74, 6) is 0.937. The summed E-state index contributed by atoms with van der Waals surface area (Å²) >= 11 is 0. The Morgan fingerprint density at radius 1 is 1.15 bits per heavy atom. The van der Waals surface area contributed by atoms with Crippen LogP contribution in [0.25, 0.3) is 33.6 Å². The number of carbonyl (C=O) groups excluding carboxylic acids is 1. The van der Waals surface area contributed by atoms with E-state index in [0.717, 1.165) is 62.0 Å². The van der Waals surface area contributed by atoms with Gasteiger partial charge in [0.25, 0.3) is 5.91 Å². The van der Waals surface area contributed by atoms with Crippen molar-refractivity contribution in [1.29, 1.82) is 0 Å². The minimum atomic E-state index is -1.06. The van der Waals surface area contributed by atoms with Crippen LogP contribution in [0.4, 0.5) is 4.39 Å². The van der Waals surface area contributed by atoms with E-state index < -0.39 is 11.4 Å². The van der Waals surface area contributed by atoms with Gasteiger partial charge in [-0.3, -0.25) is 4.79 Å². The molecule has 3 fully saturated rings. The van der Waals surface area contributed by atoms with Gasteiger partial charge in [-0.25, -0.2) is 14.4 Å². The molecular formula is C31H36FN5O3. The molecule has 210 valence electrons. The van der Waals surface area contributed by atoms with Gasteiger partial charge >= 0.3 is 0 Å². The lowest BCUT2D eigenvalue weighted by Gasteiger charge is -2.41. The Kier molecular flexibility index (Phi) is 6.02. The molecule has 3 aromatic heterocycles. The van der Waals surface area contributed by atoms with E-state index in [1.165, 1.54) is 6.07 Å². The Bertz CT molecular complexity index is 1630. The van der Waals surface area contributed by atoms with Crippen molar-refractivity contribution < 1.29 is 19.0 Å². The summed E-state index contributed by atoms with van der Waals surface area (Å²) in [4.78, 5) is 25.1. The topological polar surface area (TPSA) is 85.4 Å². The van der Waals surface area contributed by atoms with Crippen LogP contribution in [0.15, 0.2) is 30.3 Å². The molecule has 1 saturated carbocycles. The van der Waals surface area contributed by atoms with Crippen LogP contribution in [0.2, 0.25) is 0 Å². The van der Waals surface area contributed by atoms with Crippen molar-refractivity contribution in [2.45, 2.75) is 64.2 Å². The molecule has 40 heavy (non-hydrogen) atoms. The van der Waals surface area contributed by atoms with Gasteiger partial charge < -0.3 is 23.9 Å². The van der Waals surface area contributed by atoms with Crippen LogP contribution < -0.4 is 0 Å². The maximum Gasteiger partial charge on any atom is 0.254 e. The highest BCUT2D eigenvalue weighted by Gasteiger charge is 2.35. The molecule has 8 nitrogen and oxygen atoms in total. The third kappa shape index (κ3) is 4.39. The number of carbonyl (C=O) groups is 1. The Labute approximate surface area is 232 Å². The molecule has 9 heteroatoms. The summed E-state index contributed by atoms with van der Waals surface area (Å²) in [6, 6.07) is 8.95. The summed E-state index contributed by atoms with van der Waals surface area (Å²) in [6.07, 6.45) is 5.46. The van der Waals surface area contributed by atoms with Gasteiger partial charge in [0.05, 0.1) is 23.0 Å². The Balaban J connectivity index is 1.28. The fourth-order valence-electron chi connectivity index (χ4n) is 6.50. The average Bonchev–Trinajstić information content (AvgIpc) is 3.60. The van der Waals surface area contributed by atoms with Gasteiger partial charge in [-0.2, -0.15) is 0 Å². The zero-order valence-corrected chi connectivity index (χ0v) is 23.4. The van der Waals surface area contributed by atoms with Crippen LogP contribution in [0, 0.1) is 17.7 Å². The number of fused-ring (bicyclic) bond motifs is 3. The monoisotopic (exact) mass is 545 g/mol. The molecule has 1 aliphatic carbocycles. The average molecular weight is 546 g/mol. The molecule has 2 atom stereocenters. The van der Waals surface area contributed by atoms with E-state index in [2.05, 4.69) is 4.57 Å². The number of halogens is 1. The normalized spacial score (nSPS) is 21.8. The standard InChI is InChI=1S/C31H36FN5O3/c1-31(2,39)26-9-8-19-15-24(37(28(19)34-26)16-18-6-7-18)29-33-23-14-21(13-22(32)27(23)35(29)3)30(38)36-11-10-25-20(17-36)5-4-12-40-25/h8-9,13-15,18,20,25,39H,4-7,10-12,16-17H2,1-3H3/t20-,25+/m1/s1. The maximum atomic E-state index is 15.6. The number of hydrogen-bond donors (Lipinski definition) is 1. The van der Waals surface area contributed by atoms with Crippen LogP contribution >= 0.6 is 0 Å². The molecule has 2 aliphatic heterocycles. The first-order valence-corrected chi connectivity index (χ1v) is 14.5. The molecule has 0 unspecified atom stereocenters. The Hall–Kier alpha value is -3.30. The number of amides is 1. The molecule has 5 heterocycles. The Morgan fingerprint density at radius 3 is 2.75 bits per heavy atom. The number of pyridine rings is 1. The molecule has 1 aromatic carbocycles. The highest BCUT2D eigenvalue weighted by atomic mass is 19.1. The van der Waals surface area contributed by atoms with Crippen LogP contribution in [0.3, 0.4) is 0 Å². The summed E-state index contributed by atoms with van der Waals surface area (Å²) in [5.41, 5.74) is 2.35. The van der Waals surface area contributed by atoms with Gasteiger partial charge in [0.2, 0.25) is 0 Å². The zero-order valence-electron chi connectivity index (χ0n) is 23.4. The predicted molar refractivity (Wildman–Crippen MR) is 150 cm³/mol. The molecule has 3 aliphatic rings. The third-order valence-electron chi connectivity index (χ3n) is 8.91. The molecule has 0 bridgehead atoms. The number of imidazole rings is 1. The van der Waals surface area contributed by atoms with Crippen molar-refractivity contribution in [3.63, 3.8) is 0 Å². The number of aryl methyl sites for hydroxylation is 1. The predicted octanol–water partition coefficient (Wildman–Crippen LogP) is 5.01. The minimum Gasteiger partial charge on any atom is -0.384 e. The lowest BCUT2D eigenvalue weighted by molar-refractivity contribution is -0.0607. The fraction of sp³-hybridized carbons (Fsp3) is 0.516. The van der Waals surface area contributed by atoms with Gasteiger partial charge in [0.1, 0.15) is 22.6 Å². The zero-order chi connectivity index (χ0) is 27.8. The van der Waals surface area contributed by atoms with Crippen molar-refractivity contribution in [3.8, 4) is 11.5 Å². The van der Waals surface area contributed by atoms with Crippen LogP contribution in [-0.2, 0) is 23.9 Å². The number of aliphatic hydroxyl groups is 1. The van der Waals surface area contributed by atoms with Crippen LogP contribution in [0.5, 0.6) is 0 Å². The van der Waals surface area contributed by atoms with E-state index in [1.807, 2.05) is 30.1 Å². The number of rotatable bonds is 5. The molecule has 0 radical (unpaired) electrons. The van der Waals surface area contributed by atoms with Gasteiger partial charge in [-0.05, 0) is 82.2 Å². The first-order valence-electron chi connectivity index (χ1n) is 14.5. The van der Waals surface area contributed by atoms with E-state index >= 15 is 4.39 Å². The lowest BCUT2D eigenvalue weighted by Crippen LogP contribution is -2.48. The number of nitrogens with zero attached hydrogens (tertiary/aromatic N) is 5. The van der Waals surface area contributed by atoms with E-state index in [-0.39, 0.29) is 12.0 Å². The summed E-state index contributed by atoms with van der Waals surface area (Å²) in [6.45, 7) is 6.32. The fourth-order valence-corrected chi connectivity index (χ4v) is 6.50. The van der Waals surface area contributed by atoms with E-state index in [1.54, 1.807) is 24.5 Å². The van der Waals surface area contributed by atoms with E-state index in [4.69, 9.17) is 14.7 Å². The van der Waals surface area contributed by atoms with Crippen LogP contribution in [-0.4, -0.2) is 60.8 Å². The lowest BCUT2D eigenvalue weighted by atomic mass is 9.88. The van der Waals surface area contributed by atoms with Crippen molar-refractivity contribution in [3.05, 3.63) is 47.4 Å². The summed E-state index contributed by atoms with van der Waals surface area (Å²) in [5, 5.41) is 11.5. The second-order valence-electron chi connectivity index (χ2n) is 12.4. The highest BCUT2D eigenvalue weighted by molar-refractivity contribution is 5.98. The smallest absolute Gasteiger partial charge is 0.254 e. The van der Waals surface area contributed by atoms with Gasteiger partial charge in [0.15, 0.2) is 5.82 Å². The first-order chi connectivity index (χ1) is 19.2. The van der Waals surface area contributed by atoms with Gasteiger partial charge in [-0.15, -0.1) is 0 Å². The Morgan fingerprint density at radius 2 is 1.98 bits per heavy atom. The van der Waals surface area contributed by atoms with Crippen molar-refractivity contribution in [2.75, 3.05) is 19.7 Å². The second-order valence-corrected chi connectivity index (χ2v) is 12.4. The van der Waals surface area contributed by atoms with Crippen LogP contribution in [0.1, 0.15) is 62.0 Å². The molecular weight excluding hydrogens is 509 g/mol. The summed E-state index contributed by atoms with van der Waals surface area (Å²) in [7, 11) is 1.82. The third-order valence-corrected chi connectivity index (χ3v) is 8.91. The molecule has 1 N–H and O–H groups in total. The number of piperidine rings is 1. The summed E-state index contributed by atoms with van der Waals surface area (Å²) < 4.78 is 25.5. The van der Waals surface area contributed by atoms with E-state index in [0.29, 0.717) is 53.0 Å². The molecule has 7 rings (SSSR count). The largest absolute Gasteiger partial charge is 0.384 e. The van der Waals surface area contributed by atoms with Crippen molar-refractivity contribution in [1.82, 2.24) is 24.0 Å². The molecule has 0 spiro atoms. The van der Waals surface area contributed by atoms with Gasteiger partial charge in [0, 0.05) is 50.2 Å². The highest BCUT2D eigenvalue weighted by Crippen LogP contribution is 2.37. The first kappa shape index (κ1) is 25.7. The molecule has 2 saturated heterocycles. The number of ether oxygens (including phenoxy) is 1. The van der Waals surface area contributed by atoms with Gasteiger partial charge in [-0.1, -0.05) is 0 Å². The number of hydrogen-bond acceptors (Lipinski definition) is 5. The van der Waals surface area contributed by atoms with Crippen molar-refractivity contribution in [2.24, 2.45) is 18.9 Å². The number of aromatic nitrogens is 4.